The van der Waals surface area contributed by atoms with Gasteiger partial charge in [0, 0.05) is 25.4 Å². The van der Waals surface area contributed by atoms with Crippen molar-refractivity contribution in [3.8, 4) is 0 Å². The van der Waals surface area contributed by atoms with E-state index in [0.29, 0.717) is 18.5 Å². The maximum Gasteiger partial charge on any atom is 0.224 e. The van der Waals surface area contributed by atoms with E-state index < -0.39 is 0 Å². The summed E-state index contributed by atoms with van der Waals surface area (Å²) in [5.41, 5.74) is 3.95. The first-order valence-electron chi connectivity index (χ1n) is 5.85. The van der Waals surface area contributed by atoms with Crippen LogP contribution in [0.3, 0.4) is 0 Å². The molecule has 2 rings (SSSR count). The van der Waals surface area contributed by atoms with Gasteiger partial charge in [0.05, 0.1) is 17.6 Å². The third-order valence-corrected chi connectivity index (χ3v) is 3.04. The van der Waals surface area contributed by atoms with Crippen molar-refractivity contribution in [3.05, 3.63) is 29.3 Å². The first kappa shape index (κ1) is 12.3. The molecule has 0 unspecified atom stereocenters. The molecule has 6 nitrogen and oxygen atoms in total. The molecule has 0 aliphatic rings. The van der Waals surface area contributed by atoms with E-state index in [1.54, 1.807) is 12.4 Å². The van der Waals surface area contributed by atoms with Crippen LogP contribution in [-0.4, -0.2) is 25.9 Å². The highest BCUT2D eigenvalue weighted by Gasteiger charge is 2.11. The second kappa shape index (κ2) is 5.03. The number of rotatable bonds is 4. The van der Waals surface area contributed by atoms with E-state index in [9.17, 15) is 4.79 Å². The number of anilines is 1. The van der Waals surface area contributed by atoms with E-state index in [2.05, 4.69) is 20.6 Å². The molecule has 0 aliphatic heterocycles. The summed E-state index contributed by atoms with van der Waals surface area (Å²) in [4.78, 5) is 11.7. The van der Waals surface area contributed by atoms with Crippen LogP contribution in [0.1, 0.15) is 23.4 Å². The van der Waals surface area contributed by atoms with Gasteiger partial charge in [-0.05, 0) is 25.8 Å². The zero-order valence-corrected chi connectivity index (χ0v) is 10.8. The first-order valence-corrected chi connectivity index (χ1v) is 5.85. The van der Waals surface area contributed by atoms with Crippen LogP contribution in [0, 0.1) is 13.8 Å². The molecule has 0 aromatic carbocycles. The minimum atomic E-state index is -0.0148. The zero-order valence-electron chi connectivity index (χ0n) is 10.8. The normalized spacial score (nSPS) is 10.6. The van der Waals surface area contributed by atoms with E-state index in [-0.39, 0.29) is 5.91 Å². The van der Waals surface area contributed by atoms with Gasteiger partial charge in [0.1, 0.15) is 0 Å². The lowest BCUT2D eigenvalue weighted by Gasteiger charge is -2.03. The Balaban J connectivity index is 1.93. The second-order valence-corrected chi connectivity index (χ2v) is 4.31. The van der Waals surface area contributed by atoms with Gasteiger partial charge in [0.2, 0.25) is 5.91 Å². The molecule has 0 radical (unpaired) electrons. The summed E-state index contributed by atoms with van der Waals surface area (Å²) < 4.78 is 1.85. The molecule has 0 atom stereocenters. The number of H-pyrrole nitrogens is 1. The lowest BCUT2D eigenvalue weighted by atomic mass is 10.1. The Morgan fingerprint density at radius 2 is 2.28 bits per heavy atom. The summed E-state index contributed by atoms with van der Waals surface area (Å²) in [5, 5.41) is 13.5. The third-order valence-electron chi connectivity index (χ3n) is 3.04. The number of amides is 1. The molecule has 0 spiro atoms. The Morgan fingerprint density at radius 1 is 1.50 bits per heavy atom. The summed E-state index contributed by atoms with van der Waals surface area (Å²) in [7, 11) is 1.91. The van der Waals surface area contributed by atoms with Crippen LogP contribution >= 0.6 is 0 Å². The van der Waals surface area contributed by atoms with Crippen LogP contribution in [0.2, 0.25) is 0 Å². The number of carbonyl (C=O) groups is 1. The highest BCUT2D eigenvalue weighted by atomic mass is 16.1. The minimum absolute atomic E-state index is 0.0148. The van der Waals surface area contributed by atoms with Crippen molar-refractivity contribution in [1.29, 1.82) is 0 Å². The van der Waals surface area contributed by atoms with Crippen LogP contribution in [0.5, 0.6) is 0 Å². The Morgan fingerprint density at radius 3 is 2.83 bits per heavy atom. The fourth-order valence-corrected chi connectivity index (χ4v) is 1.96. The molecule has 0 saturated carbocycles. The highest BCUT2D eigenvalue weighted by Crippen LogP contribution is 2.14. The Kier molecular flexibility index (Phi) is 3.45. The van der Waals surface area contributed by atoms with Crippen molar-refractivity contribution >= 4 is 11.6 Å². The predicted octanol–water partition coefficient (Wildman–Crippen LogP) is 1.33. The van der Waals surface area contributed by atoms with E-state index in [0.717, 1.165) is 17.0 Å². The van der Waals surface area contributed by atoms with Gasteiger partial charge in [-0.25, -0.2) is 0 Å². The van der Waals surface area contributed by atoms with E-state index in [1.165, 1.54) is 0 Å². The number of aromatic nitrogens is 4. The van der Waals surface area contributed by atoms with Crippen molar-refractivity contribution < 1.29 is 4.79 Å². The van der Waals surface area contributed by atoms with Crippen molar-refractivity contribution in [2.45, 2.75) is 26.7 Å². The molecule has 0 bridgehead atoms. The van der Waals surface area contributed by atoms with Gasteiger partial charge in [-0.1, -0.05) is 0 Å². The number of hydrogen-bond donors (Lipinski definition) is 2. The molecular formula is C12H17N5O. The molecule has 6 heteroatoms. The van der Waals surface area contributed by atoms with Gasteiger partial charge < -0.3 is 5.32 Å². The number of hydrogen-bond acceptors (Lipinski definition) is 3. The van der Waals surface area contributed by atoms with Gasteiger partial charge in [0.15, 0.2) is 0 Å². The van der Waals surface area contributed by atoms with Crippen molar-refractivity contribution in [1.82, 2.24) is 20.0 Å². The van der Waals surface area contributed by atoms with Crippen molar-refractivity contribution in [2.24, 2.45) is 7.05 Å². The second-order valence-electron chi connectivity index (χ2n) is 4.31. The number of aryl methyl sites for hydroxylation is 2. The van der Waals surface area contributed by atoms with E-state index >= 15 is 0 Å². The molecule has 1 amide bonds. The Hall–Kier alpha value is -2.11. The van der Waals surface area contributed by atoms with E-state index in [4.69, 9.17) is 0 Å². The first-order chi connectivity index (χ1) is 8.58. The SMILES string of the molecule is Cc1nn(C)c(C)c1CCC(=O)Nc1cn[nH]c1. The molecule has 0 saturated heterocycles. The molecule has 2 N–H and O–H groups in total. The van der Waals surface area contributed by atoms with Crippen LogP contribution in [0.15, 0.2) is 12.4 Å². The van der Waals surface area contributed by atoms with Crippen LogP contribution in [-0.2, 0) is 18.3 Å². The highest BCUT2D eigenvalue weighted by molar-refractivity contribution is 5.90. The zero-order chi connectivity index (χ0) is 13.1. The molecule has 2 aromatic heterocycles. The van der Waals surface area contributed by atoms with Gasteiger partial charge >= 0.3 is 0 Å². The van der Waals surface area contributed by atoms with Crippen LogP contribution < -0.4 is 5.32 Å². The van der Waals surface area contributed by atoms with Crippen LogP contribution in [0.4, 0.5) is 5.69 Å². The van der Waals surface area contributed by atoms with Gasteiger partial charge in [-0.2, -0.15) is 10.2 Å². The quantitative estimate of drug-likeness (QED) is 0.855. The summed E-state index contributed by atoms with van der Waals surface area (Å²) in [6.07, 6.45) is 4.38. The van der Waals surface area contributed by atoms with Crippen molar-refractivity contribution in [2.75, 3.05) is 5.32 Å². The number of nitrogens with one attached hydrogen (secondary N) is 2. The standard InChI is InChI=1S/C12H17N5O/c1-8-11(9(2)17(3)16-8)4-5-12(18)15-10-6-13-14-7-10/h6-7H,4-5H2,1-3H3,(H,13,14)(H,15,18). The van der Waals surface area contributed by atoms with Gasteiger partial charge in [0.25, 0.3) is 0 Å². The number of carbonyl (C=O) groups excluding carboxylic acids is 1. The maximum atomic E-state index is 11.7. The monoisotopic (exact) mass is 247 g/mol. The number of nitrogens with zero attached hydrogens (tertiary/aromatic N) is 3. The molecule has 0 aliphatic carbocycles. The summed E-state index contributed by atoms with van der Waals surface area (Å²) in [6.45, 7) is 3.99. The lowest BCUT2D eigenvalue weighted by molar-refractivity contribution is -0.116. The molecule has 0 fully saturated rings. The predicted molar refractivity (Wildman–Crippen MR) is 68.2 cm³/mol. The maximum absolute atomic E-state index is 11.7. The Labute approximate surface area is 105 Å². The van der Waals surface area contributed by atoms with Crippen LogP contribution in [0.25, 0.3) is 0 Å². The average molecular weight is 247 g/mol. The lowest BCUT2D eigenvalue weighted by Crippen LogP contribution is -2.12. The van der Waals surface area contributed by atoms with Gasteiger partial charge in [-0.15, -0.1) is 0 Å². The largest absolute Gasteiger partial charge is 0.323 e. The fraction of sp³-hybridized carbons (Fsp3) is 0.417. The van der Waals surface area contributed by atoms with Gasteiger partial charge in [-0.3, -0.25) is 14.6 Å². The molecular weight excluding hydrogens is 230 g/mol. The van der Waals surface area contributed by atoms with Crippen molar-refractivity contribution in [3.63, 3.8) is 0 Å². The summed E-state index contributed by atoms with van der Waals surface area (Å²) in [5.74, 6) is -0.0148. The van der Waals surface area contributed by atoms with E-state index in [1.807, 2.05) is 25.6 Å². The smallest absolute Gasteiger partial charge is 0.224 e. The fourth-order valence-electron chi connectivity index (χ4n) is 1.96. The third kappa shape index (κ3) is 2.58. The Bertz CT molecular complexity index is 541. The number of aromatic amines is 1. The molecule has 2 aromatic rings. The summed E-state index contributed by atoms with van der Waals surface area (Å²) in [6, 6.07) is 0. The topological polar surface area (TPSA) is 75.6 Å². The minimum Gasteiger partial charge on any atom is -0.323 e. The molecule has 18 heavy (non-hydrogen) atoms. The molecule has 2 heterocycles. The average Bonchev–Trinajstić information content (AvgIpc) is 2.88. The molecule has 96 valence electrons. The summed E-state index contributed by atoms with van der Waals surface area (Å²) >= 11 is 0.